The smallest absolute Gasteiger partial charge is 0.213 e. The number of hydrogen-bond acceptors (Lipinski definition) is 7. The Morgan fingerprint density at radius 2 is 1.76 bits per heavy atom. The van der Waals surface area contributed by atoms with Crippen LogP contribution >= 0.6 is 0 Å². The van der Waals surface area contributed by atoms with Crippen LogP contribution in [0.2, 0.25) is 0 Å². The van der Waals surface area contributed by atoms with Gasteiger partial charge in [-0.25, -0.2) is 9.97 Å². The van der Waals surface area contributed by atoms with Crippen molar-refractivity contribution in [2.75, 3.05) is 23.7 Å². The summed E-state index contributed by atoms with van der Waals surface area (Å²) in [5.41, 5.74) is 1.04. The number of hydrogen-bond donors (Lipinski definition) is 2. The molecular weight excluding hydrogens is 268 g/mol. The van der Waals surface area contributed by atoms with Crippen molar-refractivity contribution in [3.05, 3.63) is 23.6 Å². The minimum absolute atomic E-state index is 0.689. The molecule has 2 aromatic heterocycles. The van der Waals surface area contributed by atoms with Gasteiger partial charge in [0.1, 0.15) is 17.5 Å². The minimum Gasteiger partial charge on any atom is -0.370 e. The number of aryl methyl sites for hydroxylation is 1. The highest BCUT2D eigenvalue weighted by atomic mass is 16.5. The molecule has 0 atom stereocenters. The first kappa shape index (κ1) is 15.2. The van der Waals surface area contributed by atoms with E-state index in [9.17, 15) is 0 Å². The number of anilines is 2. The molecular formula is C14H22N6O. The summed E-state index contributed by atoms with van der Waals surface area (Å²) in [7, 11) is 0. The Kier molecular flexibility index (Phi) is 5.48. The summed E-state index contributed by atoms with van der Waals surface area (Å²) < 4.78 is 4.72. The minimum atomic E-state index is 0.689. The third-order valence-corrected chi connectivity index (χ3v) is 3.10. The lowest BCUT2D eigenvalue weighted by molar-refractivity contribution is 0.410. The third kappa shape index (κ3) is 4.14. The largest absolute Gasteiger partial charge is 0.370 e. The maximum absolute atomic E-state index is 4.72. The highest BCUT2D eigenvalue weighted by Gasteiger charge is 2.10. The Labute approximate surface area is 124 Å². The molecule has 114 valence electrons. The summed E-state index contributed by atoms with van der Waals surface area (Å²) in [6.45, 7) is 7.82. The molecule has 0 aliphatic rings. The third-order valence-electron chi connectivity index (χ3n) is 3.10. The average molecular weight is 290 g/mol. The first-order valence-electron chi connectivity index (χ1n) is 7.35. The molecule has 7 nitrogen and oxygen atoms in total. The summed E-state index contributed by atoms with van der Waals surface area (Å²) in [6.07, 6.45) is 3.90. The monoisotopic (exact) mass is 290 g/mol. The molecule has 0 unspecified atom stereocenters. The molecule has 0 saturated carbocycles. The van der Waals surface area contributed by atoms with E-state index < -0.39 is 0 Å². The van der Waals surface area contributed by atoms with Crippen LogP contribution < -0.4 is 10.6 Å². The van der Waals surface area contributed by atoms with Gasteiger partial charge in [0, 0.05) is 31.5 Å². The molecule has 2 N–H and O–H groups in total. The quantitative estimate of drug-likeness (QED) is 0.770. The van der Waals surface area contributed by atoms with Gasteiger partial charge in [-0.05, 0) is 13.3 Å². The van der Waals surface area contributed by atoms with Crippen LogP contribution in [0, 0.1) is 6.92 Å². The second kappa shape index (κ2) is 7.56. The second-order valence-corrected chi connectivity index (χ2v) is 4.77. The lowest BCUT2D eigenvalue weighted by Crippen LogP contribution is -2.13. The van der Waals surface area contributed by atoms with E-state index in [0.717, 1.165) is 42.4 Å². The summed E-state index contributed by atoms with van der Waals surface area (Å²) in [5, 5.41) is 10.5. The Morgan fingerprint density at radius 1 is 1.05 bits per heavy atom. The molecule has 0 aromatic carbocycles. The molecule has 7 heteroatoms. The van der Waals surface area contributed by atoms with E-state index in [1.807, 2.05) is 6.92 Å². The van der Waals surface area contributed by atoms with E-state index in [2.05, 4.69) is 44.6 Å². The molecule has 0 radical (unpaired) electrons. The molecule has 0 fully saturated rings. The van der Waals surface area contributed by atoms with Crippen molar-refractivity contribution in [1.82, 2.24) is 20.1 Å². The molecule has 21 heavy (non-hydrogen) atoms. The Hall–Kier alpha value is -2.18. The zero-order chi connectivity index (χ0) is 15.1. The van der Waals surface area contributed by atoms with Gasteiger partial charge in [0.2, 0.25) is 6.39 Å². The van der Waals surface area contributed by atoms with E-state index >= 15 is 0 Å². The number of nitrogens with zero attached hydrogens (tertiary/aromatic N) is 4. The van der Waals surface area contributed by atoms with Crippen molar-refractivity contribution in [2.45, 2.75) is 40.0 Å². The molecule has 2 aromatic rings. The van der Waals surface area contributed by atoms with Gasteiger partial charge in [-0.3, -0.25) is 0 Å². The fourth-order valence-corrected chi connectivity index (χ4v) is 1.90. The maximum Gasteiger partial charge on any atom is 0.213 e. The highest BCUT2D eigenvalue weighted by Crippen LogP contribution is 2.20. The van der Waals surface area contributed by atoms with E-state index in [1.54, 1.807) is 0 Å². The van der Waals surface area contributed by atoms with E-state index in [1.165, 1.54) is 6.39 Å². The molecule has 0 spiro atoms. The van der Waals surface area contributed by atoms with E-state index in [-0.39, 0.29) is 0 Å². The molecule has 0 aliphatic carbocycles. The van der Waals surface area contributed by atoms with Gasteiger partial charge in [0.15, 0.2) is 5.82 Å². The number of aromatic nitrogens is 4. The van der Waals surface area contributed by atoms with Crippen LogP contribution in [0.1, 0.15) is 37.5 Å². The van der Waals surface area contributed by atoms with Crippen molar-refractivity contribution >= 4 is 11.6 Å². The van der Waals surface area contributed by atoms with Crippen LogP contribution in [0.5, 0.6) is 0 Å². The van der Waals surface area contributed by atoms with Crippen LogP contribution in [-0.4, -0.2) is 33.2 Å². The molecule has 0 aliphatic heterocycles. The van der Waals surface area contributed by atoms with Crippen LogP contribution in [0.4, 0.5) is 11.6 Å². The number of nitrogens with one attached hydrogen (secondary N) is 2. The Bertz CT molecular complexity index is 555. The summed E-state index contributed by atoms with van der Waals surface area (Å²) in [4.78, 5) is 13.1. The van der Waals surface area contributed by atoms with Crippen molar-refractivity contribution in [1.29, 1.82) is 0 Å². The fraction of sp³-hybridized carbons (Fsp3) is 0.571. The van der Waals surface area contributed by atoms with E-state index in [0.29, 0.717) is 18.8 Å². The van der Waals surface area contributed by atoms with Gasteiger partial charge in [-0.2, -0.15) is 4.98 Å². The average Bonchev–Trinajstić information content (AvgIpc) is 3.01. The first-order valence-corrected chi connectivity index (χ1v) is 7.35. The van der Waals surface area contributed by atoms with Gasteiger partial charge in [-0.1, -0.05) is 19.0 Å². The van der Waals surface area contributed by atoms with Crippen molar-refractivity contribution in [2.24, 2.45) is 0 Å². The van der Waals surface area contributed by atoms with Gasteiger partial charge in [0.05, 0.1) is 0 Å². The zero-order valence-electron chi connectivity index (χ0n) is 12.8. The normalized spacial score (nSPS) is 10.6. The fourth-order valence-electron chi connectivity index (χ4n) is 1.90. The summed E-state index contributed by atoms with van der Waals surface area (Å²) >= 11 is 0. The van der Waals surface area contributed by atoms with Gasteiger partial charge in [0.25, 0.3) is 0 Å². The molecule has 0 amide bonds. The standard InChI is InChI=1S/C14H22N6O/c1-4-7-15-13-10(3)14(19-11(5-2)18-13)16-8-6-12-17-9-21-20-12/h9H,4-8H2,1-3H3,(H2,15,16,18,19). The molecule has 2 rings (SSSR count). The predicted octanol–water partition coefficient (Wildman–Crippen LogP) is 2.21. The van der Waals surface area contributed by atoms with Crippen molar-refractivity contribution < 1.29 is 4.52 Å². The molecule has 2 heterocycles. The van der Waals surface area contributed by atoms with Crippen molar-refractivity contribution in [3.8, 4) is 0 Å². The van der Waals surface area contributed by atoms with Crippen LogP contribution in [0.15, 0.2) is 10.9 Å². The zero-order valence-corrected chi connectivity index (χ0v) is 12.8. The topological polar surface area (TPSA) is 88.8 Å². The molecule has 0 bridgehead atoms. The lowest BCUT2D eigenvalue weighted by Gasteiger charge is -2.14. The molecule has 0 saturated heterocycles. The second-order valence-electron chi connectivity index (χ2n) is 4.77. The summed E-state index contributed by atoms with van der Waals surface area (Å²) in [6, 6.07) is 0. The Balaban J connectivity index is 2.05. The van der Waals surface area contributed by atoms with Crippen LogP contribution in [-0.2, 0) is 12.8 Å². The SMILES string of the molecule is CCCNc1nc(CC)nc(NCCc2ncon2)c1C. The van der Waals surface area contributed by atoms with Gasteiger partial charge < -0.3 is 15.2 Å². The highest BCUT2D eigenvalue weighted by molar-refractivity contribution is 5.57. The van der Waals surface area contributed by atoms with Crippen LogP contribution in [0.25, 0.3) is 0 Å². The first-order chi connectivity index (χ1) is 10.2. The van der Waals surface area contributed by atoms with Gasteiger partial charge in [-0.15, -0.1) is 0 Å². The van der Waals surface area contributed by atoms with Crippen molar-refractivity contribution in [3.63, 3.8) is 0 Å². The van der Waals surface area contributed by atoms with Gasteiger partial charge >= 0.3 is 0 Å². The van der Waals surface area contributed by atoms with Crippen LogP contribution in [0.3, 0.4) is 0 Å². The summed E-state index contributed by atoms with van der Waals surface area (Å²) in [5.74, 6) is 3.30. The van der Waals surface area contributed by atoms with E-state index in [4.69, 9.17) is 4.52 Å². The Morgan fingerprint density at radius 3 is 2.33 bits per heavy atom. The number of rotatable bonds is 8. The maximum atomic E-state index is 4.72. The lowest BCUT2D eigenvalue weighted by atomic mass is 10.2. The predicted molar refractivity (Wildman–Crippen MR) is 81.4 cm³/mol.